The predicted molar refractivity (Wildman–Crippen MR) is 113 cm³/mol. The molecule has 3 aromatic rings. The maximum absolute atomic E-state index is 6.00. The van der Waals surface area contributed by atoms with Gasteiger partial charge in [-0.2, -0.15) is 10.1 Å². The summed E-state index contributed by atoms with van der Waals surface area (Å²) in [6.07, 6.45) is 1.60. The van der Waals surface area contributed by atoms with Crippen LogP contribution >= 0.6 is 11.6 Å². The van der Waals surface area contributed by atoms with Crippen molar-refractivity contribution < 1.29 is 0 Å². The number of aryl methyl sites for hydroxylation is 1. The molecule has 0 saturated heterocycles. The standard InChI is InChI=1S/C20H23ClN6/c1-4-27(5-2)17-9-7-16(8-10-17)23-19-13-22-26-20(25-19)24-18-11-6-15(21)12-14(18)3/h6-13H,4-5H2,1-3H3,(H2,23,24,25,26). The number of anilines is 5. The van der Waals surface area contributed by atoms with Gasteiger partial charge in [0.25, 0.3) is 0 Å². The molecule has 3 rings (SSSR count). The van der Waals surface area contributed by atoms with Crippen molar-refractivity contribution in [2.24, 2.45) is 0 Å². The third-order valence-electron chi connectivity index (χ3n) is 4.26. The fourth-order valence-corrected chi connectivity index (χ4v) is 3.02. The average molecular weight is 383 g/mol. The lowest BCUT2D eigenvalue weighted by molar-refractivity contribution is 0.866. The number of aromatic nitrogens is 3. The molecule has 0 saturated carbocycles. The molecule has 1 aromatic heterocycles. The van der Waals surface area contributed by atoms with E-state index in [2.05, 4.69) is 56.7 Å². The monoisotopic (exact) mass is 382 g/mol. The molecule has 0 amide bonds. The largest absolute Gasteiger partial charge is 0.372 e. The molecule has 27 heavy (non-hydrogen) atoms. The quantitative estimate of drug-likeness (QED) is 0.587. The van der Waals surface area contributed by atoms with Gasteiger partial charge in [-0.3, -0.25) is 0 Å². The minimum absolute atomic E-state index is 0.421. The van der Waals surface area contributed by atoms with Crippen molar-refractivity contribution >= 4 is 40.4 Å². The summed E-state index contributed by atoms with van der Waals surface area (Å²) in [4.78, 5) is 6.78. The van der Waals surface area contributed by atoms with Gasteiger partial charge in [-0.15, -0.1) is 5.10 Å². The van der Waals surface area contributed by atoms with Gasteiger partial charge in [-0.25, -0.2) is 0 Å². The van der Waals surface area contributed by atoms with Crippen LogP contribution in [-0.2, 0) is 0 Å². The molecule has 1 heterocycles. The highest BCUT2D eigenvalue weighted by Gasteiger charge is 2.06. The molecule has 0 aliphatic rings. The fourth-order valence-electron chi connectivity index (χ4n) is 2.80. The average Bonchev–Trinajstić information content (AvgIpc) is 2.67. The molecular formula is C20H23ClN6. The van der Waals surface area contributed by atoms with E-state index in [0.29, 0.717) is 16.8 Å². The van der Waals surface area contributed by atoms with Crippen LogP contribution in [0.25, 0.3) is 0 Å². The van der Waals surface area contributed by atoms with Gasteiger partial charge in [-0.05, 0) is 68.8 Å². The summed E-state index contributed by atoms with van der Waals surface area (Å²) in [5.41, 5.74) is 4.05. The lowest BCUT2D eigenvalue weighted by atomic mass is 10.2. The Kier molecular flexibility index (Phi) is 6.08. The molecule has 0 bridgehead atoms. The zero-order valence-electron chi connectivity index (χ0n) is 15.7. The van der Waals surface area contributed by atoms with E-state index in [4.69, 9.17) is 11.6 Å². The van der Waals surface area contributed by atoms with Crippen LogP contribution in [0, 0.1) is 6.92 Å². The summed E-state index contributed by atoms with van der Waals surface area (Å²) in [6.45, 7) is 8.25. The first kappa shape index (κ1) is 18.9. The first-order chi connectivity index (χ1) is 13.1. The van der Waals surface area contributed by atoms with Gasteiger partial charge in [0, 0.05) is 35.2 Å². The summed E-state index contributed by atoms with van der Waals surface area (Å²) in [5, 5.41) is 15.2. The van der Waals surface area contributed by atoms with E-state index >= 15 is 0 Å². The van der Waals surface area contributed by atoms with Crippen LogP contribution in [-0.4, -0.2) is 28.3 Å². The summed E-state index contributed by atoms with van der Waals surface area (Å²) in [5.74, 6) is 1.04. The molecule has 2 aromatic carbocycles. The van der Waals surface area contributed by atoms with Crippen molar-refractivity contribution in [2.75, 3.05) is 28.6 Å². The maximum atomic E-state index is 6.00. The number of rotatable bonds is 7. The normalized spacial score (nSPS) is 10.5. The molecule has 0 unspecified atom stereocenters. The van der Waals surface area contributed by atoms with Gasteiger partial charge >= 0.3 is 0 Å². The minimum atomic E-state index is 0.421. The Morgan fingerprint density at radius 3 is 2.41 bits per heavy atom. The van der Waals surface area contributed by atoms with Crippen molar-refractivity contribution in [3.63, 3.8) is 0 Å². The van der Waals surface area contributed by atoms with Crippen LogP contribution in [0.3, 0.4) is 0 Å². The first-order valence-corrected chi connectivity index (χ1v) is 9.31. The van der Waals surface area contributed by atoms with E-state index in [1.165, 1.54) is 5.69 Å². The summed E-state index contributed by atoms with van der Waals surface area (Å²) < 4.78 is 0. The summed E-state index contributed by atoms with van der Waals surface area (Å²) >= 11 is 6.00. The fraction of sp³-hybridized carbons (Fsp3) is 0.250. The molecule has 0 aliphatic heterocycles. The molecule has 0 radical (unpaired) electrons. The van der Waals surface area contributed by atoms with Crippen molar-refractivity contribution in [3.05, 3.63) is 59.2 Å². The van der Waals surface area contributed by atoms with Crippen molar-refractivity contribution in [1.82, 2.24) is 15.2 Å². The van der Waals surface area contributed by atoms with Crippen molar-refractivity contribution in [3.8, 4) is 0 Å². The lowest BCUT2D eigenvalue weighted by Gasteiger charge is -2.21. The Labute approximate surface area is 164 Å². The van der Waals surface area contributed by atoms with E-state index in [0.717, 1.165) is 30.0 Å². The Morgan fingerprint density at radius 1 is 1.00 bits per heavy atom. The van der Waals surface area contributed by atoms with E-state index in [1.54, 1.807) is 6.20 Å². The van der Waals surface area contributed by atoms with E-state index in [-0.39, 0.29) is 0 Å². The highest BCUT2D eigenvalue weighted by Crippen LogP contribution is 2.23. The van der Waals surface area contributed by atoms with Crippen molar-refractivity contribution in [2.45, 2.75) is 20.8 Å². The molecule has 7 heteroatoms. The molecule has 2 N–H and O–H groups in total. The van der Waals surface area contributed by atoms with Crippen LogP contribution in [0.2, 0.25) is 5.02 Å². The van der Waals surface area contributed by atoms with Gasteiger partial charge in [0.2, 0.25) is 5.95 Å². The number of hydrogen-bond donors (Lipinski definition) is 2. The van der Waals surface area contributed by atoms with E-state index in [1.807, 2.05) is 37.3 Å². The molecule has 0 atom stereocenters. The van der Waals surface area contributed by atoms with Gasteiger partial charge < -0.3 is 15.5 Å². The third kappa shape index (κ3) is 4.86. The molecule has 6 nitrogen and oxygen atoms in total. The SMILES string of the molecule is CCN(CC)c1ccc(Nc2cnnc(Nc3ccc(Cl)cc3C)n2)cc1. The topological polar surface area (TPSA) is 66.0 Å². The maximum Gasteiger partial charge on any atom is 0.249 e. The van der Waals surface area contributed by atoms with E-state index < -0.39 is 0 Å². The molecule has 0 spiro atoms. The van der Waals surface area contributed by atoms with Crippen LogP contribution in [0.15, 0.2) is 48.7 Å². The molecule has 0 aliphatic carbocycles. The number of nitrogens with zero attached hydrogens (tertiary/aromatic N) is 4. The molecule has 0 fully saturated rings. The van der Waals surface area contributed by atoms with Crippen LogP contribution in [0.5, 0.6) is 0 Å². The van der Waals surface area contributed by atoms with Crippen LogP contribution < -0.4 is 15.5 Å². The lowest BCUT2D eigenvalue weighted by Crippen LogP contribution is -2.21. The predicted octanol–water partition coefficient (Wildman–Crippen LogP) is 5.17. The number of hydrogen-bond acceptors (Lipinski definition) is 6. The summed E-state index contributed by atoms with van der Waals surface area (Å²) in [7, 11) is 0. The Balaban J connectivity index is 1.72. The second kappa shape index (κ2) is 8.68. The Hall–Kier alpha value is -2.86. The van der Waals surface area contributed by atoms with E-state index in [9.17, 15) is 0 Å². The zero-order valence-corrected chi connectivity index (χ0v) is 16.5. The van der Waals surface area contributed by atoms with Gasteiger partial charge in [0.15, 0.2) is 5.82 Å². The zero-order chi connectivity index (χ0) is 19.2. The molecule has 140 valence electrons. The smallest absolute Gasteiger partial charge is 0.249 e. The van der Waals surface area contributed by atoms with Crippen molar-refractivity contribution in [1.29, 1.82) is 0 Å². The highest BCUT2D eigenvalue weighted by atomic mass is 35.5. The highest BCUT2D eigenvalue weighted by molar-refractivity contribution is 6.30. The van der Waals surface area contributed by atoms with Gasteiger partial charge in [0.05, 0.1) is 6.20 Å². The Bertz CT molecular complexity index is 893. The number of nitrogens with one attached hydrogen (secondary N) is 2. The second-order valence-corrected chi connectivity index (χ2v) is 6.53. The first-order valence-electron chi connectivity index (χ1n) is 8.94. The second-order valence-electron chi connectivity index (χ2n) is 6.09. The van der Waals surface area contributed by atoms with Crippen LogP contribution in [0.4, 0.5) is 28.8 Å². The summed E-state index contributed by atoms with van der Waals surface area (Å²) in [6, 6.07) is 13.9. The molecular weight excluding hydrogens is 360 g/mol. The number of halogens is 1. The van der Waals surface area contributed by atoms with Gasteiger partial charge in [0.1, 0.15) is 0 Å². The Morgan fingerprint density at radius 2 is 1.74 bits per heavy atom. The van der Waals surface area contributed by atoms with Gasteiger partial charge in [-0.1, -0.05) is 11.6 Å². The van der Waals surface area contributed by atoms with Crippen LogP contribution in [0.1, 0.15) is 19.4 Å². The minimum Gasteiger partial charge on any atom is -0.372 e. The number of benzene rings is 2. The third-order valence-corrected chi connectivity index (χ3v) is 4.50.